The molecule has 1 aromatic carbocycles. The van der Waals surface area contributed by atoms with Crippen LogP contribution in [0.3, 0.4) is 0 Å². The number of nitrogens with one attached hydrogen (secondary N) is 2. The first-order valence-electron chi connectivity index (χ1n) is 4.84. The van der Waals surface area contributed by atoms with Crippen molar-refractivity contribution in [3.63, 3.8) is 0 Å². The van der Waals surface area contributed by atoms with Gasteiger partial charge in [0, 0.05) is 17.4 Å². The molecule has 1 rings (SSSR count). The van der Waals surface area contributed by atoms with Crippen LogP contribution in [0.5, 0.6) is 0 Å². The van der Waals surface area contributed by atoms with Crippen LogP contribution in [-0.2, 0) is 4.79 Å². The molecule has 2 N–H and O–H groups in total. The Morgan fingerprint density at radius 3 is 2.87 bits per heavy atom. The summed E-state index contributed by atoms with van der Waals surface area (Å²) >= 11 is 3.40. The van der Waals surface area contributed by atoms with Crippen molar-refractivity contribution in [3.05, 3.63) is 28.2 Å². The fourth-order valence-corrected chi connectivity index (χ4v) is 1.53. The standard InChI is InChI=1S/C11H15BrN2O/c1-8-3-4-9(12)10(7-8)14-11(15)5-6-13-2/h3-4,7,13H,5-6H2,1-2H3,(H,14,15). The van der Waals surface area contributed by atoms with Gasteiger partial charge < -0.3 is 10.6 Å². The van der Waals surface area contributed by atoms with Crippen LogP contribution < -0.4 is 10.6 Å². The van der Waals surface area contributed by atoms with Gasteiger partial charge >= 0.3 is 0 Å². The van der Waals surface area contributed by atoms with E-state index in [9.17, 15) is 4.79 Å². The second-order valence-electron chi connectivity index (χ2n) is 3.39. The van der Waals surface area contributed by atoms with Crippen molar-refractivity contribution in [2.24, 2.45) is 0 Å². The summed E-state index contributed by atoms with van der Waals surface area (Å²) in [5.74, 6) is 0.0238. The molecule has 0 unspecified atom stereocenters. The molecule has 0 atom stereocenters. The van der Waals surface area contributed by atoms with Gasteiger partial charge in [-0.2, -0.15) is 0 Å². The van der Waals surface area contributed by atoms with E-state index in [2.05, 4.69) is 26.6 Å². The zero-order valence-corrected chi connectivity index (χ0v) is 10.5. The maximum absolute atomic E-state index is 11.5. The molecule has 4 heteroatoms. The van der Waals surface area contributed by atoms with E-state index in [1.807, 2.05) is 32.2 Å². The summed E-state index contributed by atoms with van der Waals surface area (Å²) in [4.78, 5) is 11.5. The molecule has 15 heavy (non-hydrogen) atoms. The molecule has 0 heterocycles. The van der Waals surface area contributed by atoms with Gasteiger partial charge in [0.25, 0.3) is 0 Å². The highest BCUT2D eigenvalue weighted by Gasteiger charge is 2.04. The molecule has 0 saturated heterocycles. The van der Waals surface area contributed by atoms with Gasteiger partial charge in [0.05, 0.1) is 5.69 Å². The van der Waals surface area contributed by atoms with Crippen LogP contribution >= 0.6 is 15.9 Å². The Morgan fingerprint density at radius 2 is 2.20 bits per heavy atom. The van der Waals surface area contributed by atoms with Gasteiger partial charge in [-0.05, 0) is 47.6 Å². The normalized spacial score (nSPS) is 10.1. The molecule has 0 aliphatic carbocycles. The minimum Gasteiger partial charge on any atom is -0.325 e. The van der Waals surface area contributed by atoms with Gasteiger partial charge in [-0.25, -0.2) is 0 Å². The zero-order valence-electron chi connectivity index (χ0n) is 8.93. The van der Waals surface area contributed by atoms with E-state index < -0.39 is 0 Å². The van der Waals surface area contributed by atoms with Gasteiger partial charge in [0.15, 0.2) is 0 Å². The van der Waals surface area contributed by atoms with Crippen LogP contribution in [0, 0.1) is 6.92 Å². The van der Waals surface area contributed by atoms with Gasteiger partial charge in [0.2, 0.25) is 5.91 Å². The minimum atomic E-state index is 0.0238. The Morgan fingerprint density at radius 1 is 1.47 bits per heavy atom. The molecule has 0 spiro atoms. The molecule has 0 aromatic heterocycles. The summed E-state index contributed by atoms with van der Waals surface area (Å²) in [6, 6.07) is 5.87. The van der Waals surface area contributed by atoms with Gasteiger partial charge in [-0.3, -0.25) is 4.79 Å². The fraction of sp³-hybridized carbons (Fsp3) is 0.364. The average molecular weight is 271 g/mol. The maximum Gasteiger partial charge on any atom is 0.225 e. The van der Waals surface area contributed by atoms with E-state index in [-0.39, 0.29) is 5.91 Å². The Kier molecular flexibility index (Phi) is 4.78. The van der Waals surface area contributed by atoms with Gasteiger partial charge in [0.1, 0.15) is 0 Å². The molecule has 0 fully saturated rings. The lowest BCUT2D eigenvalue weighted by Gasteiger charge is -2.08. The van der Waals surface area contributed by atoms with Gasteiger partial charge in [-0.15, -0.1) is 0 Å². The van der Waals surface area contributed by atoms with E-state index in [4.69, 9.17) is 0 Å². The van der Waals surface area contributed by atoms with Crippen LogP contribution in [0.2, 0.25) is 0 Å². The SMILES string of the molecule is CNCCC(=O)Nc1cc(C)ccc1Br. The summed E-state index contributed by atoms with van der Waals surface area (Å²) in [6.07, 6.45) is 0.483. The first-order chi connectivity index (χ1) is 7.13. The average Bonchev–Trinajstić information content (AvgIpc) is 2.20. The Hall–Kier alpha value is -0.870. The number of hydrogen-bond acceptors (Lipinski definition) is 2. The molecule has 0 saturated carbocycles. The van der Waals surface area contributed by atoms with Crippen molar-refractivity contribution >= 4 is 27.5 Å². The summed E-state index contributed by atoms with van der Waals surface area (Å²) in [5.41, 5.74) is 1.96. The Bertz CT molecular complexity index is 352. The van der Waals surface area contributed by atoms with Crippen molar-refractivity contribution in [3.8, 4) is 0 Å². The predicted molar refractivity (Wildman–Crippen MR) is 66.1 cm³/mol. The number of anilines is 1. The van der Waals surface area contributed by atoms with E-state index in [0.29, 0.717) is 13.0 Å². The molecule has 0 aliphatic rings. The third-order valence-electron chi connectivity index (χ3n) is 2.00. The van der Waals surface area contributed by atoms with Crippen molar-refractivity contribution in [2.45, 2.75) is 13.3 Å². The van der Waals surface area contributed by atoms with Crippen molar-refractivity contribution in [1.82, 2.24) is 5.32 Å². The number of hydrogen-bond donors (Lipinski definition) is 2. The quantitative estimate of drug-likeness (QED) is 0.882. The number of aryl methyl sites for hydroxylation is 1. The van der Waals surface area contributed by atoms with E-state index >= 15 is 0 Å². The molecule has 3 nitrogen and oxygen atoms in total. The highest BCUT2D eigenvalue weighted by atomic mass is 79.9. The van der Waals surface area contributed by atoms with E-state index in [0.717, 1.165) is 15.7 Å². The van der Waals surface area contributed by atoms with Crippen LogP contribution in [-0.4, -0.2) is 19.5 Å². The van der Waals surface area contributed by atoms with Crippen molar-refractivity contribution < 1.29 is 4.79 Å². The van der Waals surface area contributed by atoms with Crippen LogP contribution in [0.25, 0.3) is 0 Å². The smallest absolute Gasteiger partial charge is 0.225 e. The van der Waals surface area contributed by atoms with E-state index in [1.54, 1.807) is 0 Å². The van der Waals surface area contributed by atoms with Crippen molar-refractivity contribution in [1.29, 1.82) is 0 Å². The highest BCUT2D eigenvalue weighted by molar-refractivity contribution is 9.10. The number of halogens is 1. The summed E-state index contributed by atoms with van der Waals surface area (Å²) < 4.78 is 0.908. The van der Waals surface area contributed by atoms with Gasteiger partial charge in [-0.1, -0.05) is 6.07 Å². The van der Waals surface area contributed by atoms with Crippen LogP contribution in [0.15, 0.2) is 22.7 Å². The van der Waals surface area contributed by atoms with Crippen LogP contribution in [0.4, 0.5) is 5.69 Å². The molecule has 1 aromatic rings. The number of benzene rings is 1. The number of amides is 1. The molecular weight excluding hydrogens is 256 g/mol. The topological polar surface area (TPSA) is 41.1 Å². The third kappa shape index (κ3) is 4.01. The third-order valence-corrected chi connectivity index (χ3v) is 2.69. The molecule has 1 amide bonds. The monoisotopic (exact) mass is 270 g/mol. The predicted octanol–water partition coefficient (Wildman–Crippen LogP) is 2.31. The number of carbonyl (C=O) groups is 1. The lowest BCUT2D eigenvalue weighted by molar-refractivity contribution is -0.116. The largest absolute Gasteiger partial charge is 0.325 e. The second-order valence-corrected chi connectivity index (χ2v) is 4.24. The lowest BCUT2D eigenvalue weighted by atomic mass is 10.2. The summed E-state index contributed by atoms with van der Waals surface area (Å²) in [7, 11) is 1.83. The molecule has 0 aliphatic heterocycles. The minimum absolute atomic E-state index is 0.0238. The second kappa shape index (κ2) is 5.88. The van der Waals surface area contributed by atoms with E-state index in [1.165, 1.54) is 0 Å². The first kappa shape index (κ1) is 12.2. The molecule has 0 bridgehead atoms. The molecule has 0 radical (unpaired) electrons. The number of rotatable bonds is 4. The van der Waals surface area contributed by atoms with Crippen LogP contribution in [0.1, 0.15) is 12.0 Å². The fourth-order valence-electron chi connectivity index (χ4n) is 1.19. The van der Waals surface area contributed by atoms with Crippen molar-refractivity contribution in [2.75, 3.05) is 18.9 Å². The summed E-state index contributed by atoms with van der Waals surface area (Å²) in [6.45, 7) is 2.69. The Balaban J connectivity index is 2.63. The lowest BCUT2D eigenvalue weighted by Crippen LogP contribution is -2.18. The summed E-state index contributed by atoms with van der Waals surface area (Å²) in [5, 5.41) is 5.80. The molecule has 82 valence electrons. The first-order valence-corrected chi connectivity index (χ1v) is 5.63. The zero-order chi connectivity index (χ0) is 11.3. The molecular formula is C11H15BrN2O. The maximum atomic E-state index is 11.5. The Labute approximate surface area is 98.4 Å². The highest BCUT2D eigenvalue weighted by Crippen LogP contribution is 2.23. The number of carbonyl (C=O) groups excluding carboxylic acids is 1.